The van der Waals surface area contributed by atoms with Crippen molar-refractivity contribution in [3.05, 3.63) is 53.9 Å². The van der Waals surface area contributed by atoms with Gasteiger partial charge in [-0.15, -0.1) is 0 Å². The zero-order valence-electron chi connectivity index (χ0n) is 10.6. The number of benzene rings is 1. The van der Waals surface area contributed by atoms with Gasteiger partial charge >= 0.3 is 0 Å². The molecule has 0 spiro atoms. The van der Waals surface area contributed by atoms with Crippen molar-refractivity contribution in [2.75, 3.05) is 6.26 Å². The fourth-order valence-corrected chi connectivity index (χ4v) is 1.99. The minimum Gasteiger partial charge on any atom is -0.306 e. The summed E-state index contributed by atoms with van der Waals surface area (Å²) in [6.07, 6.45) is 5.73. The van der Waals surface area contributed by atoms with E-state index in [1.807, 2.05) is 24.7 Å². The molecule has 0 bridgehead atoms. The molecule has 4 heteroatoms. The molecule has 18 heavy (non-hydrogen) atoms. The number of nitrogens with one attached hydrogen (secondary N) is 1. The van der Waals surface area contributed by atoms with Crippen LogP contribution in [0.2, 0.25) is 0 Å². The van der Waals surface area contributed by atoms with Gasteiger partial charge in [-0.2, -0.15) is 0 Å². The smallest absolute Gasteiger partial charge is 0.187 e. The monoisotopic (exact) mass is 259 g/mol. The summed E-state index contributed by atoms with van der Waals surface area (Å²) in [4.78, 5) is 8.52. The molecule has 1 aromatic carbocycles. The summed E-state index contributed by atoms with van der Waals surface area (Å²) in [6.45, 7) is 2.94. The van der Waals surface area contributed by atoms with Gasteiger partial charge in [0, 0.05) is 30.5 Å². The third kappa shape index (κ3) is 3.55. The summed E-state index contributed by atoms with van der Waals surface area (Å²) in [7, 11) is 0. The van der Waals surface area contributed by atoms with E-state index in [9.17, 15) is 0 Å². The Morgan fingerprint density at radius 2 is 1.83 bits per heavy atom. The standard InChI is InChI=1S/C14H17N3S/c1-11(13-6-4-3-5-7-13)15-8-12-9-16-14(18-2)17-10-12/h3-7,9-11,15H,8H2,1-2H3. The van der Waals surface area contributed by atoms with E-state index in [0.29, 0.717) is 6.04 Å². The largest absolute Gasteiger partial charge is 0.306 e. The summed E-state index contributed by atoms with van der Waals surface area (Å²) in [5, 5.41) is 4.28. The Hall–Kier alpha value is -1.39. The van der Waals surface area contributed by atoms with Crippen LogP contribution in [0, 0.1) is 0 Å². The number of thioether (sulfide) groups is 1. The van der Waals surface area contributed by atoms with Crippen LogP contribution in [0.15, 0.2) is 47.9 Å². The van der Waals surface area contributed by atoms with E-state index in [2.05, 4.69) is 46.5 Å². The maximum absolute atomic E-state index is 4.26. The third-order valence-corrected chi connectivity index (χ3v) is 3.35. The first-order valence-electron chi connectivity index (χ1n) is 5.93. The maximum atomic E-state index is 4.26. The lowest BCUT2D eigenvalue weighted by Crippen LogP contribution is -2.18. The Labute approximate surface area is 112 Å². The Kier molecular flexibility index (Phi) is 4.73. The van der Waals surface area contributed by atoms with E-state index in [-0.39, 0.29) is 0 Å². The normalized spacial score (nSPS) is 12.3. The van der Waals surface area contributed by atoms with Crippen molar-refractivity contribution in [1.29, 1.82) is 0 Å². The molecule has 1 aromatic heterocycles. The van der Waals surface area contributed by atoms with Crippen molar-refractivity contribution in [1.82, 2.24) is 15.3 Å². The number of aromatic nitrogens is 2. The molecule has 94 valence electrons. The summed E-state index contributed by atoms with van der Waals surface area (Å²) in [5.41, 5.74) is 2.40. The van der Waals surface area contributed by atoms with Gasteiger partial charge in [0.25, 0.3) is 0 Å². The van der Waals surface area contributed by atoms with E-state index in [4.69, 9.17) is 0 Å². The first kappa shape index (κ1) is 13.1. The van der Waals surface area contributed by atoms with Crippen LogP contribution >= 0.6 is 11.8 Å². The second kappa shape index (κ2) is 6.52. The molecule has 0 saturated carbocycles. The van der Waals surface area contributed by atoms with Crippen molar-refractivity contribution < 1.29 is 0 Å². The molecule has 1 heterocycles. The molecular formula is C14H17N3S. The average molecular weight is 259 g/mol. The van der Waals surface area contributed by atoms with E-state index in [0.717, 1.165) is 17.3 Å². The number of hydrogen-bond acceptors (Lipinski definition) is 4. The first-order chi connectivity index (χ1) is 8.79. The molecule has 1 atom stereocenters. The Balaban J connectivity index is 1.91. The van der Waals surface area contributed by atoms with Gasteiger partial charge in [0.15, 0.2) is 5.16 Å². The summed E-state index contributed by atoms with van der Waals surface area (Å²) in [5.74, 6) is 0. The lowest BCUT2D eigenvalue weighted by atomic mass is 10.1. The Bertz CT molecular complexity index is 470. The SMILES string of the molecule is CSc1ncc(CNC(C)c2ccccc2)cn1. The van der Waals surface area contributed by atoms with Gasteiger partial charge in [0.05, 0.1) is 0 Å². The Morgan fingerprint density at radius 1 is 1.17 bits per heavy atom. The molecule has 0 saturated heterocycles. The molecule has 2 rings (SSSR count). The average Bonchev–Trinajstić information content (AvgIpc) is 2.46. The van der Waals surface area contributed by atoms with Crippen LogP contribution in [0.1, 0.15) is 24.1 Å². The molecule has 0 amide bonds. The highest BCUT2D eigenvalue weighted by atomic mass is 32.2. The lowest BCUT2D eigenvalue weighted by molar-refractivity contribution is 0.571. The fourth-order valence-electron chi connectivity index (χ4n) is 1.67. The van der Waals surface area contributed by atoms with Crippen LogP contribution in [0.3, 0.4) is 0 Å². The summed E-state index contributed by atoms with van der Waals surface area (Å²) < 4.78 is 0. The number of nitrogens with zero attached hydrogens (tertiary/aromatic N) is 2. The zero-order chi connectivity index (χ0) is 12.8. The molecule has 0 fully saturated rings. The van der Waals surface area contributed by atoms with Crippen molar-refractivity contribution in [2.45, 2.75) is 24.7 Å². The zero-order valence-corrected chi connectivity index (χ0v) is 11.4. The molecule has 0 aliphatic carbocycles. The van der Waals surface area contributed by atoms with Gasteiger partial charge in [-0.05, 0) is 18.7 Å². The summed E-state index contributed by atoms with van der Waals surface area (Å²) in [6, 6.07) is 10.7. The van der Waals surface area contributed by atoms with Gasteiger partial charge in [0.2, 0.25) is 0 Å². The fraction of sp³-hybridized carbons (Fsp3) is 0.286. The predicted octanol–water partition coefficient (Wildman–Crippen LogP) is 3.05. The van der Waals surface area contributed by atoms with Crippen molar-refractivity contribution in [3.8, 4) is 0 Å². The molecule has 1 unspecified atom stereocenters. The van der Waals surface area contributed by atoms with Gasteiger partial charge in [-0.25, -0.2) is 9.97 Å². The third-order valence-electron chi connectivity index (χ3n) is 2.78. The molecule has 0 radical (unpaired) electrons. The van der Waals surface area contributed by atoms with E-state index in [1.54, 1.807) is 11.8 Å². The highest BCUT2D eigenvalue weighted by Gasteiger charge is 2.04. The number of hydrogen-bond donors (Lipinski definition) is 1. The molecule has 1 N–H and O–H groups in total. The number of rotatable bonds is 5. The van der Waals surface area contributed by atoms with Gasteiger partial charge in [0.1, 0.15) is 0 Å². The Morgan fingerprint density at radius 3 is 2.44 bits per heavy atom. The van der Waals surface area contributed by atoms with E-state index >= 15 is 0 Å². The molecule has 0 aliphatic heterocycles. The van der Waals surface area contributed by atoms with Crippen LogP contribution in [0.5, 0.6) is 0 Å². The predicted molar refractivity (Wildman–Crippen MR) is 75.5 cm³/mol. The second-order valence-electron chi connectivity index (χ2n) is 4.09. The van der Waals surface area contributed by atoms with Crippen LogP contribution in [-0.4, -0.2) is 16.2 Å². The molecular weight excluding hydrogens is 242 g/mol. The van der Waals surface area contributed by atoms with Crippen LogP contribution in [-0.2, 0) is 6.54 Å². The first-order valence-corrected chi connectivity index (χ1v) is 7.15. The minimum atomic E-state index is 0.325. The lowest BCUT2D eigenvalue weighted by Gasteiger charge is -2.13. The second-order valence-corrected chi connectivity index (χ2v) is 4.86. The van der Waals surface area contributed by atoms with Crippen LogP contribution in [0.25, 0.3) is 0 Å². The summed E-state index contributed by atoms with van der Waals surface area (Å²) >= 11 is 1.56. The highest BCUT2D eigenvalue weighted by molar-refractivity contribution is 7.98. The molecule has 0 aliphatic rings. The molecule has 2 aromatic rings. The van der Waals surface area contributed by atoms with Crippen molar-refractivity contribution >= 4 is 11.8 Å². The van der Waals surface area contributed by atoms with Gasteiger partial charge < -0.3 is 5.32 Å². The van der Waals surface area contributed by atoms with E-state index < -0.39 is 0 Å². The quantitative estimate of drug-likeness (QED) is 0.661. The van der Waals surface area contributed by atoms with Crippen molar-refractivity contribution in [2.24, 2.45) is 0 Å². The van der Waals surface area contributed by atoms with Gasteiger partial charge in [-0.1, -0.05) is 42.1 Å². The van der Waals surface area contributed by atoms with Crippen LogP contribution in [0.4, 0.5) is 0 Å². The van der Waals surface area contributed by atoms with Crippen LogP contribution < -0.4 is 5.32 Å². The van der Waals surface area contributed by atoms with E-state index in [1.165, 1.54) is 5.56 Å². The molecule has 3 nitrogen and oxygen atoms in total. The minimum absolute atomic E-state index is 0.325. The topological polar surface area (TPSA) is 37.8 Å². The highest BCUT2D eigenvalue weighted by Crippen LogP contribution is 2.12. The van der Waals surface area contributed by atoms with Gasteiger partial charge in [-0.3, -0.25) is 0 Å². The maximum Gasteiger partial charge on any atom is 0.187 e. The van der Waals surface area contributed by atoms with Crippen molar-refractivity contribution in [3.63, 3.8) is 0 Å².